The largest absolute Gasteiger partial charge is 0.416 e. The highest BCUT2D eigenvalue weighted by Crippen LogP contribution is 2.35. The van der Waals surface area contributed by atoms with E-state index in [-0.39, 0.29) is 0 Å². The predicted molar refractivity (Wildman–Crippen MR) is 54.0 cm³/mol. The van der Waals surface area contributed by atoms with Gasteiger partial charge in [-0.05, 0) is 6.07 Å². The van der Waals surface area contributed by atoms with Crippen LogP contribution in [0.15, 0.2) is 18.5 Å². The lowest BCUT2D eigenvalue weighted by atomic mass is 9.99. The number of pyridine rings is 1. The van der Waals surface area contributed by atoms with E-state index in [0.717, 1.165) is 12.4 Å². The number of hydrogen-bond acceptors (Lipinski definition) is 4. The van der Waals surface area contributed by atoms with Crippen LogP contribution in [0, 0.1) is 0 Å². The number of alkyl halides is 3. The zero-order valence-electron chi connectivity index (χ0n) is 9.05. The van der Waals surface area contributed by atoms with E-state index in [1.54, 1.807) is 0 Å². The van der Waals surface area contributed by atoms with Crippen LogP contribution in [0.5, 0.6) is 0 Å². The number of nitrogens with zero attached hydrogens (tertiary/aromatic N) is 1. The van der Waals surface area contributed by atoms with E-state index in [9.17, 15) is 28.2 Å². The van der Waals surface area contributed by atoms with Gasteiger partial charge in [-0.2, -0.15) is 13.2 Å². The van der Waals surface area contributed by atoms with Crippen molar-refractivity contribution in [1.29, 1.82) is 0 Å². The Labute approximate surface area is 100 Å². The molecule has 0 saturated heterocycles. The molecule has 1 aromatic rings. The SMILES string of the molecule is NC(=O)CC(O)C(O)c1cnccc1C(F)(F)F. The van der Waals surface area contributed by atoms with Crippen molar-refractivity contribution in [3.05, 3.63) is 29.6 Å². The molecule has 1 aromatic heterocycles. The van der Waals surface area contributed by atoms with Gasteiger partial charge in [-0.1, -0.05) is 0 Å². The van der Waals surface area contributed by atoms with Crippen molar-refractivity contribution in [3.8, 4) is 0 Å². The Kier molecular flexibility index (Phi) is 4.25. The molecule has 1 rings (SSSR count). The number of nitrogens with two attached hydrogens (primary N) is 1. The normalized spacial score (nSPS) is 15.2. The Morgan fingerprint density at radius 2 is 2.06 bits per heavy atom. The van der Waals surface area contributed by atoms with E-state index in [2.05, 4.69) is 4.98 Å². The Balaban J connectivity index is 3.06. The lowest BCUT2D eigenvalue weighted by Gasteiger charge is -2.20. The van der Waals surface area contributed by atoms with Crippen molar-refractivity contribution in [1.82, 2.24) is 4.98 Å². The molecule has 0 aliphatic heterocycles. The first-order chi connectivity index (χ1) is 8.23. The summed E-state index contributed by atoms with van der Waals surface area (Å²) in [5.41, 5.74) is 3.07. The van der Waals surface area contributed by atoms with Crippen LogP contribution in [-0.2, 0) is 11.0 Å². The first-order valence-corrected chi connectivity index (χ1v) is 4.89. The van der Waals surface area contributed by atoms with Gasteiger partial charge in [-0.15, -0.1) is 0 Å². The van der Waals surface area contributed by atoms with Crippen molar-refractivity contribution in [2.45, 2.75) is 24.8 Å². The summed E-state index contributed by atoms with van der Waals surface area (Å²) in [7, 11) is 0. The first kappa shape index (κ1) is 14.4. The molecule has 100 valence electrons. The van der Waals surface area contributed by atoms with Gasteiger partial charge in [-0.3, -0.25) is 9.78 Å². The lowest BCUT2D eigenvalue weighted by molar-refractivity contribution is -0.140. The summed E-state index contributed by atoms with van der Waals surface area (Å²) < 4.78 is 37.9. The number of hydrogen-bond donors (Lipinski definition) is 3. The molecule has 5 nitrogen and oxygen atoms in total. The molecule has 0 aromatic carbocycles. The van der Waals surface area contributed by atoms with Gasteiger partial charge in [0.25, 0.3) is 0 Å². The van der Waals surface area contributed by atoms with Crippen molar-refractivity contribution in [2.75, 3.05) is 0 Å². The number of aromatic nitrogens is 1. The molecule has 2 atom stereocenters. The maximum absolute atomic E-state index is 12.6. The zero-order chi connectivity index (χ0) is 13.9. The highest BCUT2D eigenvalue weighted by Gasteiger charge is 2.36. The smallest absolute Gasteiger partial charge is 0.390 e. The molecule has 18 heavy (non-hydrogen) atoms. The van der Waals surface area contributed by atoms with Gasteiger partial charge in [0.15, 0.2) is 0 Å². The number of primary amides is 1. The van der Waals surface area contributed by atoms with E-state index in [1.807, 2.05) is 0 Å². The fourth-order valence-electron chi connectivity index (χ4n) is 1.43. The van der Waals surface area contributed by atoms with E-state index < -0.39 is 41.8 Å². The van der Waals surface area contributed by atoms with E-state index in [1.165, 1.54) is 0 Å². The van der Waals surface area contributed by atoms with E-state index >= 15 is 0 Å². The van der Waals surface area contributed by atoms with Gasteiger partial charge in [0.05, 0.1) is 18.1 Å². The molecular formula is C10H11F3N2O3. The Morgan fingerprint density at radius 1 is 1.44 bits per heavy atom. The van der Waals surface area contributed by atoms with Crippen LogP contribution in [0.25, 0.3) is 0 Å². The summed E-state index contributed by atoms with van der Waals surface area (Å²) in [6, 6.07) is 0.676. The third-order valence-electron chi connectivity index (χ3n) is 2.25. The molecule has 0 saturated carbocycles. The van der Waals surface area contributed by atoms with Crippen molar-refractivity contribution < 1.29 is 28.2 Å². The van der Waals surface area contributed by atoms with Gasteiger partial charge in [0, 0.05) is 18.0 Å². The molecule has 0 aliphatic carbocycles. The second kappa shape index (κ2) is 5.32. The van der Waals surface area contributed by atoms with Gasteiger partial charge in [-0.25, -0.2) is 0 Å². The molecule has 8 heteroatoms. The number of carbonyl (C=O) groups is 1. The van der Waals surface area contributed by atoms with E-state index in [4.69, 9.17) is 5.73 Å². The number of amides is 1. The third kappa shape index (κ3) is 3.41. The lowest BCUT2D eigenvalue weighted by Crippen LogP contribution is -2.27. The minimum atomic E-state index is -4.69. The molecule has 1 heterocycles. The summed E-state index contributed by atoms with van der Waals surface area (Å²) in [5.74, 6) is -0.931. The van der Waals surface area contributed by atoms with Crippen LogP contribution in [0.1, 0.15) is 23.7 Å². The zero-order valence-corrected chi connectivity index (χ0v) is 9.05. The molecular weight excluding hydrogens is 253 g/mol. The fraction of sp³-hybridized carbons (Fsp3) is 0.400. The fourth-order valence-corrected chi connectivity index (χ4v) is 1.43. The number of halogens is 3. The van der Waals surface area contributed by atoms with Crippen molar-refractivity contribution in [2.24, 2.45) is 5.73 Å². The summed E-state index contributed by atoms with van der Waals surface area (Å²) >= 11 is 0. The van der Waals surface area contributed by atoms with Crippen LogP contribution < -0.4 is 5.73 Å². The van der Waals surface area contributed by atoms with Crippen LogP contribution in [0.4, 0.5) is 13.2 Å². The average molecular weight is 264 g/mol. The second-order valence-electron chi connectivity index (χ2n) is 3.64. The van der Waals surface area contributed by atoms with Crippen molar-refractivity contribution >= 4 is 5.91 Å². The monoisotopic (exact) mass is 264 g/mol. The summed E-state index contributed by atoms with van der Waals surface area (Å²) in [4.78, 5) is 14.0. The maximum Gasteiger partial charge on any atom is 0.416 e. The predicted octanol–water partition coefficient (Wildman–Crippen LogP) is 0.370. The van der Waals surface area contributed by atoms with Crippen LogP contribution in [0.3, 0.4) is 0 Å². The number of aliphatic hydroxyl groups excluding tert-OH is 2. The molecule has 0 aliphatic rings. The third-order valence-corrected chi connectivity index (χ3v) is 2.25. The molecule has 2 unspecified atom stereocenters. The van der Waals surface area contributed by atoms with Crippen LogP contribution in [0.2, 0.25) is 0 Å². The molecule has 0 bridgehead atoms. The van der Waals surface area contributed by atoms with Gasteiger partial charge >= 0.3 is 6.18 Å². The first-order valence-electron chi connectivity index (χ1n) is 4.89. The van der Waals surface area contributed by atoms with E-state index in [0.29, 0.717) is 6.07 Å². The highest BCUT2D eigenvalue weighted by atomic mass is 19.4. The van der Waals surface area contributed by atoms with Crippen LogP contribution in [-0.4, -0.2) is 27.2 Å². The summed E-state index contributed by atoms with van der Waals surface area (Å²) in [6.07, 6.45) is -7.23. The molecule has 4 N–H and O–H groups in total. The quantitative estimate of drug-likeness (QED) is 0.732. The highest BCUT2D eigenvalue weighted by molar-refractivity contribution is 5.74. The van der Waals surface area contributed by atoms with Gasteiger partial charge < -0.3 is 15.9 Å². The molecule has 0 fully saturated rings. The molecule has 1 amide bonds. The second-order valence-corrected chi connectivity index (χ2v) is 3.64. The topological polar surface area (TPSA) is 96.4 Å². The Hall–Kier alpha value is -1.67. The maximum atomic E-state index is 12.6. The minimum Gasteiger partial charge on any atom is -0.390 e. The standard InChI is InChI=1S/C10H11F3N2O3/c11-10(12,13)6-1-2-15-4-5(6)9(18)7(16)3-8(14)17/h1-2,4,7,9,16,18H,3H2,(H2,14,17). The summed E-state index contributed by atoms with van der Waals surface area (Å²) in [6.45, 7) is 0. The summed E-state index contributed by atoms with van der Waals surface area (Å²) in [5, 5.41) is 19.0. The number of carbonyl (C=O) groups excluding carboxylic acids is 1. The Morgan fingerprint density at radius 3 is 2.56 bits per heavy atom. The Bertz CT molecular complexity index is 437. The average Bonchev–Trinajstić information content (AvgIpc) is 2.26. The number of rotatable bonds is 4. The van der Waals surface area contributed by atoms with Gasteiger partial charge in [0.1, 0.15) is 6.10 Å². The number of aliphatic hydroxyl groups is 2. The minimum absolute atomic E-state index is 0.598. The molecule has 0 spiro atoms. The van der Waals surface area contributed by atoms with Crippen molar-refractivity contribution in [3.63, 3.8) is 0 Å². The molecule has 0 radical (unpaired) electrons. The van der Waals surface area contributed by atoms with Crippen LogP contribution >= 0.6 is 0 Å². The van der Waals surface area contributed by atoms with Gasteiger partial charge in [0.2, 0.25) is 5.91 Å².